The number of pyridine rings is 1. The van der Waals surface area contributed by atoms with Crippen LogP contribution in [0.1, 0.15) is 26.2 Å². The van der Waals surface area contributed by atoms with Crippen molar-refractivity contribution >= 4 is 20.9 Å². The van der Waals surface area contributed by atoms with Crippen LogP contribution < -0.4 is 4.90 Å². The third-order valence-electron chi connectivity index (χ3n) is 3.23. The molecule has 1 aliphatic heterocycles. The monoisotopic (exact) mass is 325 g/mol. The first-order chi connectivity index (χ1) is 9.40. The third-order valence-corrected chi connectivity index (χ3v) is 5.28. The normalized spacial score (nSPS) is 17.8. The molecule has 19 heavy (non-hydrogen) atoms. The molecule has 2 rings (SSSR count). The van der Waals surface area contributed by atoms with Gasteiger partial charge in [-0.25, -0.2) is 0 Å². The molecule has 0 saturated carbocycles. The number of anilines is 1. The average Bonchev–Trinajstić information content (AvgIpc) is 2.70. The number of hydrogen-bond acceptors (Lipinski definition) is 3. The molecular formula is C15H23N3Se. The zero-order valence-corrected chi connectivity index (χ0v) is 13.4. The van der Waals surface area contributed by atoms with Crippen molar-refractivity contribution in [1.29, 1.82) is 0 Å². The molecule has 1 aromatic rings. The Bertz CT molecular complexity index is 380. The molecule has 0 unspecified atom stereocenters. The van der Waals surface area contributed by atoms with Gasteiger partial charge in [-0.15, -0.1) is 0 Å². The molecule has 1 aliphatic rings. The summed E-state index contributed by atoms with van der Waals surface area (Å²) in [6.45, 7) is 6.90. The summed E-state index contributed by atoms with van der Waals surface area (Å²) in [6, 6.07) is 4.18. The van der Waals surface area contributed by atoms with E-state index in [1.165, 1.54) is 38.0 Å². The van der Waals surface area contributed by atoms with Crippen LogP contribution >= 0.6 is 0 Å². The standard InChI is InChI=1S/C15H23N3Se/c1-2-3-4-13-19-18-10-6-9-17(11-12-18)15-7-5-8-16-14-15/h4-5,7-8,13-14H,2-3,6,9-12H2,1H3/b13-4+. The van der Waals surface area contributed by atoms with E-state index in [0.717, 1.165) is 13.1 Å². The van der Waals surface area contributed by atoms with Crippen molar-refractivity contribution in [3.63, 3.8) is 0 Å². The molecule has 0 aliphatic carbocycles. The molecule has 4 heteroatoms. The van der Waals surface area contributed by atoms with Gasteiger partial charge in [0.1, 0.15) is 0 Å². The van der Waals surface area contributed by atoms with Crippen molar-refractivity contribution in [2.45, 2.75) is 26.2 Å². The van der Waals surface area contributed by atoms with Crippen molar-refractivity contribution in [1.82, 2.24) is 8.90 Å². The van der Waals surface area contributed by atoms with Crippen molar-refractivity contribution in [2.24, 2.45) is 0 Å². The molecule has 2 heterocycles. The van der Waals surface area contributed by atoms with Gasteiger partial charge in [-0.2, -0.15) is 0 Å². The van der Waals surface area contributed by atoms with E-state index in [1.54, 1.807) is 0 Å². The minimum atomic E-state index is 0.528. The summed E-state index contributed by atoms with van der Waals surface area (Å²) >= 11 is 0.528. The molecule has 0 atom stereocenters. The Morgan fingerprint density at radius 3 is 3.05 bits per heavy atom. The molecule has 0 bridgehead atoms. The van der Waals surface area contributed by atoms with Crippen LogP contribution in [0, 0.1) is 0 Å². The summed E-state index contributed by atoms with van der Waals surface area (Å²) in [4.78, 5) is 9.06. The fraction of sp³-hybridized carbons (Fsp3) is 0.533. The molecule has 0 aromatic carbocycles. The minimum absolute atomic E-state index is 0.528. The molecule has 1 aromatic heterocycles. The number of hydrogen-bond donors (Lipinski definition) is 0. The SMILES string of the molecule is CCC/C=C/[Se]N1CCCN(c2cccnc2)CC1. The third kappa shape index (κ3) is 4.98. The van der Waals surface area contributed by atoms with Crippen LogP contribution in [0.15, 0.2) is 35.6 Å². The van der Waals surface area contributed by atoms with Gasteiger partial charge in [-0.3, -0.25) is 0 Å². The summed E-state index contributed by atoms with van der Waals surface area (Å²) in [5.74, 6) is 0. The number of rotatable bonds is 5. The van der Waals surface area contributed by atoms with E-state index in [9.17, 15) is 0 Å². The van der Waals surface area contributed by atoms with Crippen LogP contribution in [0.25, 0.3) is 0 Å². The number of allylic oxidation sites excluding steroid dienone is 1. The van der Waals surface area contributed by atoms with Crippen LogP contribution in [0.4, 0.5) is 5.69 Å². The van der Waals surface area contributed by atoms with Gasteiger partial charge in [0.05, 0.1) is 0 Å². The van der Waals surface area contributed by atoms with Crippen molar-refractivity contribution in [3.8, 4) is 0 Å². The predicted molar refractivity (Wildman–Crippen MR) is 82.4 cm³/mol. The first-order valence-electron chi connectivity index (χ1n) is 7.12. The van der Waals surface area contributed by atoms with Crippen molar-refractivity contribution in [2.75, 3.05) is 31.1 Å². The Hall–Kier alpha value is -0.831. The van der Waals surface area contributed by atoms with Crippen molar-refractivity contribution in [3.05, 3.63) is 35.6 Å². The van der Waals surface area contributed by atoms with Gasteiger partial charge in [0, 0.05) is 0 Å². The van der Waals surface area contributed by atoms with E-state index < -0.39 is 0 Å². The second kappa shape index (κ2) is 8.36. The van der Waals surface area contributed by atoms with E-state index in [4.69, 9.17) is 0 Å². The van der Waals surface area contributed by atoms with E-state index in [0.29, 0.717) is 15.2 Å². The number of aromatic nitrogens is 1. The van der Waals surface area contributed by atoms with Crippen LogP contribution in [-0.2, 0) is 0 Å². The molecule has 0 amide bonds. The van der Waals surface area contributed by atoms with E-state index in [1.807, 2.05) is 18.5 Å². The second-order valence-electron chi connectivity index (χ2n) is 4.75. The summed E-state index contributed by atoms with van der Waals surface area (Å²) in [7, 11) is 0. The molecule has 0 spiro atoms. The molecule has 3 nitrogen and oxygen atoms in total. The van der Waals surface area contributed by atoms with Gasteiger partial charge < -0.3 is 0 Å². The first-order valence-corrected chi connectivity index (χ1v) is 8.87. The maximum atomic E-state index is 4.22. The Morgan fingerprint density at radius 2 is 2.26 bits per heavy atom. The number of nitrogens with zero attached hydrogens (tertiary/aromatic N) is 3. The van der Waals surface area contributed by atoms with E-state index in [2.05, 4.69) is 37.8 Å². The average molecular weight is 324 g/mol. The predicted octanol–water partition coefficient (Wildman–Crippen LogP) is 2.53. The quantitative estimate of drug-likeness (QED) is 0.776. The van der Waals surface area contributed by atoms with Crippen LogP contribution in [0.5, 0.6) is 0 Å². The van der Waals surface area contributed by atoms with Crippen LogP contribution in [0.3, 0.4) is 0 Å². The first kappa shape index (κ1) is 14.6. The van der Waals surface area contributed by atoms with Crippen LogP contribution in [-0.4, -0.2) is 50.3 Å². The Morgan fingerprint density at radius 1 is 1.32 bits per heavy atom. The van der Waals surface area contributed by atoms with E-state index in [-0.39, 0.29) is 0 Å². The van der Waals surface area contributed by atoms with Gasteiger partial charge in [0.15, 0.2) is 0 Å². The Kier molecular flexibility index (Phi) is 6.42. The number of unbranched alkanes of at least 4 members (excludes halogenated alkanes) is 1. The van der Waals surface area contributed by atoms with Gasteiger partial charge in [-0.05, 0) is 0 Å². The summed E-state index contributed by atoms with van der Waals surface area (Å²) in [6.07, 6.45) is 9.87. The molecule has 0 N–H and O–H groups in total. The molecule has 1 saturated heterocycles. The topological polar surface area (TPSA) is 19.4 Å². The Balaban J connectivity index is 1.81. The fourth-order valence-electron chi connectivity index (χ4n) is 2.16. The molecule has 1 fully saturated rings. The van der Waals surface area contributed by atoms with E-state index >= 15 is 0 Å². The van der Waals surface area contributed by atoms with Gasteiger partial charge in [0.25, 0.3) is 0 Å². The van der Waals surface area contributed by atoms with Gasteiger partial charge in [-0.1, -0.05) is 0 Å². The molecule has 0 radical (unpaired) electrons. The molecule has 104 valence electrons. The molecular weight excluding hydrogens is 301 g/mol. The summed E-state index contributed by atoms with van der Waals surface area (Å²) < 4.78 is 2.61. The zero-order chi connectivity index (χ0) is 13.3. The fourth-order valence-corrected chi connectivity index (χ4v) is 3.87. The maximum absolute atomic E-state index is 4.22. The second-order valence-corrected chi connectivity index (χ2v) is 6.84. The van der Waals surface area contributed by atoms with Gasteiger partial charge >= 0.3 is 123 Å². The van der Waals surface area contributed by atoms with Crippen molar-refractivity contribution < 1.29 is 0 Å². The Labute approximate surface area is 123 Å². The summed E-state index contributed by atoms with van der Waals surface area (Å²) in [5.41, 5.74) is 1.26. The zero-order valence-electron chi connectivity index (χ0n) is 11.7. The van der Waals surface area contributed by atoms with Crippen LogP contribution in [0.2, 0.25) is 0 Å². The van der Waals surface area contributed by atoms with Gasteiger partial charge in [0.2, 0.25) is 0 Å². The summed E-state index contributed by atoms with van der Waals surface area (Å²) in [5, 5.41) is 0.